The number of carbonyl (C=O) groups is 1. The fourth-order valence-electron chi connectivity index (χ4n) is 1.38. The van der Waals surface area contributed by atoms with Gasteiger partial charge in [0, 0.05) is 19.2 Å². The summed E-state index contributed by atoms with van der Waals surface area (Å²) in [6.45, 7) is 1.91. The van der Waals surface area contributed by atoms with Crippen molar-refractivity contribution in [2.75, 3.05) is 13.7 Å². The van der Waals surface area contributed by atoms with E-state index in [0.717, 1.165) is 18.2 Å². The second-order valence-corrected chi connectivity index (χ2v) is 3.63. The highest BCUT2D eigenvalue weighted by Crippen LogP contribution is 2.28. The SMILES string of the molecule is COCC(C)Oc1cc(C(=O)O)ccc1[N+](=O)[O-]. The van der Waals surface area contributed by atoms with Crippen molar-refractivity contribution in [1.29, 1.82) is 0 Å². The van der Waals surface area contributed by atoms with Crippen molar-refractivity contribution >= 4 is 11.7 Å². The van der Waals surface area contributed by atoms with E-state index in [1.54, 1.807) is 6.92 Å². The molecular formula is C11H13NO6. The van der Waals surface area contributed by atoms with Gasteiger partial charge in [0.1, 0.15) is 6.10 Å². The van der Waals surface area contributed by atoms with Crippen LogP contribution in [0.2, 0.25) is 0 Å². The molecule has 1 aromatic rings. The summed E-state index contributed by atoms with van der Waals surface area (Å²) in [5.41, 5.74) is -0.344. The first-order chi connectivity index (χ1) is 8.45. The molecule has 0 heterocycles. The first-order valence-electron chi connectivity index (χ1n) is 5.13. The number of hydrogen-bond donors (Lipinski definition) is 1. The summed E-state index contributed by atoms with van der Waals surface area (Å²) in [5.74, 6) is -1.25. The molecule has 0 aliphatic heterocycles. The standard InChI is InChI=1S/C11H13NO6/c1-7(6-17-2)18-10-5-8(11(13)14)3-4-9(10)12(15)16/h3-5,7H,6H2,1-2H3,(H,13,14). The molecular weight excluding hydrogens is 242 g/mol. The van der Waals surface area contributed by atoms with Gasteiger partial charge < -0.3 is 14.6 Å². The maximum Gasteiger partial charge on any atom is 0.335 e. The van der Waals surface area contributed by atoms with Crippen molar-refractivity contribution < 1.29 is 24.3 Å². The number of rotatable bonds is 6. The van der Waals surface area contributed by atoms with Gasteiger partial charge >= 0.3 is 11.7 Å². The normalized spacial score (nSPS) is 11.9. The van der Waals surface area contributed by atoms with Gasteiger partial charge in [-0.25, -0.2) is 4.79 Å². The van der Waals surface area contributed by atoms with Crippen molar-refractivity contribution in [3.63, 3.8) is 0 Å². The van der Waals surface area contributed by atoms with Gasteiger partial charge in [-0.2, -0.15) is 0 Å². The highest BCUT2D eigenvalue weighted by atomic mass is 16.6. The van der Waals surface area contributed by atoms with E-state index in [9.17, 15) is 14.9 Å². The molecule has 0 aromatic heterocycles. The molecule has 1 atom stereocenters. The zero-order valence-corrected chi connectivity index (χ0v) is 9.95. The molecule has 0 aliphatic rings. The molecule has 0 saturated carbocycles. The van der Waals surface area contributed by atoms with Crippen LogP contribution in [0.1, 0.15) is 17.3 Å². The molecule has 0 spiro atoms. The van der Waals surface area contributed by atoms with Gasteiger partial charge in [-0.15, -0.1) is 0 Å². The monoisotopic (exact) mass is 255 g/mol. The van der Waals surface area contributed by atoms with Gasteiger partial charge in [-0.3, -0.25) is 10.1 Å². The van der Waals surface area contributed by atoms with E-state index in [-0.39, 0.29) is 23.6 Å². The van der Waals surface area contributed by atoms with E-state index < -0.39 is 17.0 Å². The zero-order valence-electron chi connectivity index (χ0n) is 9.95. The number of hydrogen-bond acceptors (Lipinski definition) is 5. The highest BCUT2D eigenvalue weighted by molar-refractivity contribution is 5.88. The van der Waals surface area contributed by atoms with Crippen LogP contribution in [0.4, 0.5) is 5.69 Å². The Hall–Kier alpha value is -2.15. The maximum atomic E-state index is 10.8. The molecule has 0 aliphatic carbocycles. The lowest BCUT2D eigenvalue weighted by molar-refractivity contribution is -0.386. The summed E-state index contributed by atoms with van der Waals surface area (Å²) in [6.07, 6.45) is -0.419. The summed E-state index contributed by atoms with van der Waals surface area (Å²) >= 11 is 0. The zero-order chi connectivity index (χ0) is 13.7. The van der Waals surface area contributed by atoms with Crippen LogP contribution < -0.4 is 4.74 Å². The predicted molar refractivity (Wildman–Crippen MR) is 62.0 cm³/mol. The lowest BCUT2D eigenvalue weighted by Crippen LogP contribution is -2.18. The minimum absolute atomic E-state index is 0.0692. The van der Waals surface area contributed by atoms with E-state index in [0.29, 0.717) is 0 Å². The van der Waals surface area contributed by atoms with E-state index in [1.807, 2.05) is 0 Å². The summed E-state index contributed by atoms with van der Waals surface area (Å²) in [5, 5.41) is 19.6. The first-order valence-corrected chi connectivity index (χ1v) is 5.13. The number of ether oxygens (including phenoxy) is 2. The van der Waals surface area contributed by atoms with Gasteiger partial charge in [0.2, 0.25) is 0 Å². The molecule has 7 heteroatoms. The van der Waals surface area contributed by atoms with E-state index in [4.69, 9.17) is 14.6 Å². The second kappa shape index (κ2) is 5.97. The van der Waals surface area contributed by atoms with Crippen LogP contribution in [0.5, 0.6) is 5.75 Å². The van der Waals surface area contributed by atoms with Crippen LogP contribution in [0.25, 0.3) is 0 Å². The van der Waals surface area contributed by atoms with Crippen molar-refractivity contribution in [1.82, 2.24) is 0 Å². The van der Waals surface area contributed by atoms with Crippen LogP contribution in [-0.4, -0.2) is 35.8 Å². The summed E-state index contributed by atoms with van der Waals surface area (Å²) in [6, 6.07) is 3.40. The van der Waals surface area contributed by atoms with Crippen LogP contribution >= 0.6 is 0 Å². The topological polar surface area (TPSA) is 98.9 Å². The Morgan fingerprint density at radius 2 is 2.22 bits per heavy atom. The van der Waals surface area contributed by atoms with Gasteiger partial charge in [0.15, 0.2) is 5.75 Å². The minimum Gasteiger partial charge on any atom is -0.481 e. The Kier molecular flexibility index (Phi) is 4.61. The number of aromatic carboxylic acids is 1. The number of methoxy groups -OCH3 is 1. The molecule has 7 nitrogen and oxygen atoms in total. The Bertz CT molecular complexity index is 459. The van der Waals surface area contributed by atoms with Crippen molar-refractivity contribution in [2.24, 2.45) is 0 Å². The average Bonchev–Trinajstić information content (AvgIpc) is 2.28. The largest absolute Gasteiger partial charge is 0.481 e. The fourth-order valence-corrected chi connectivity index (χ4v) is 1.38. The average molecular weight is 255 g/mol. The van der Waals surface area contributed by atoms with E-state index >= 15 is 0 Å². The number of nitro benzene ring substituents is 1. The molecule has 1 aromatic carbocycles. The highest BCUT2D eigenvalue weighted by Gasteiger charge is 2.19. The minimum atomic E-state index is -1.17. The third-order valence-electron chi connectivity index (χ3n) is 2.13. The van der Waals surface area contributed by atoms with Crippen molar-refractivity contribution in [3.8, 4) is 5.75 Å². The number of carboxylic acid groups (broad SMARTS) is 1. The number of carboxylic acids is 1. The third kappa shape index (κ3) is 3.42. The third-order valence-corrected chi connectivity index (χ3v) is 2.13. The molecule has 18 heavy (non-hydrogen) atoms. The summed E-state index contributed by atoms with van der Waals surface area (Å²) in [7, 11) is 1.47. The Morgan fingerprint density at radius 3 is 2.72 bits per heavy atom. The van der Waals surface area contributed by atoms with Crippen LogP contribution in [0.3, 0.4) is 0 Å². The molecule has 0 bridgehead atoms. The maximum absolute atomic E-state index is 10.8. The van der Waals surface area contributed by atoms with Crippen LogP contribution in [-0.2, 0) is 4.74 Å². The Morgan fingerprint density at radius 1 is 1.56 bits per heavy atom. The van der Waals surface area contributed by atoms with Gasteiger partial charge in [-0.05, 0) is 13.0 Å². The number of nitro groups is 1. The van der Waals surface area contributed by atoms with Gasteiger partial charge in [0.25, 0.3) is 0 Å². The summed E-state index contributed by atoms with van der Waals surface area (Å²) < 4.78 is 10.2. The molecule has 1 rings (SSSR count). The fraction of sp³-hybridized carbons (Fsp3) is 0.364. The lowest BCUT2D eigenvalue weighted by Gasteiger charge is -2.13. The lowest BCUT2D eigenvalue weighted by atomic mass is 10.2. The Balaban J connectivity index is 3.07. The van der Waals surface area contributed by atoms with Gasteiger partial charge in [0.05, 0.1) is 17.1 Å². The quantitative estimate of drug-likeness (QED) is 0.613. The molecule has 0 radical (unpaired) electrons. The number of nitrogens with zero attached hydrogens (tertiary/aromatic N) is 1. The molecule has 0 saturated heterocycles. The van der Waals surface area contributed by atoms with Crippen LogP contribution in [0, 0.1) is 10.1 Å². The second-order valence-electron chi connectivity index (χ2n) is 3.63. The van der Waals surface area contributed by atoms with E-state index in [1.165, 1.54) is 7.11 Å². The molecule has 0 fully saturated rings. The summed E-state index contributed by atoms with van der Waals surface area (Å²) in [4.78, 5) is 21.0. The van der Waals surface area contributed by atoms with Crippen LogP contribution in [0.15, 0.2) is 18.2 Å². The molecule has 1 unspecified atom stereocenters. The number of benzene rings is 1. The van der Waals surface area contributed by atoms with Crippen molar-refractivity contribution in [2.45, 2.75) is 13.0 Å². The Labute approximate surface area is 103 Å². The molecule has 0 amide bonds. The predicted octanol–water partition coefficient (Wildman–Crippen LogP) is 1.71. The smallest absolute Gasteiger partial charge is 0.335 e. The molecule has 98 valence electrons. The molecule has 1 N–H and O–H groups in total. The van der Waals surface area contributed by atoms with Crippen molar-refractivity contribution in [3.05, 3.63) is 33.9 Å². The first kappa shape index (κ1) is 13.9. The van der Waals surface area contributed by atoms with E-state index in [2.05, 4.69) is 0 Å². The van der Waals surface area contributed by atoms with Gasteiger partial charge in [-0.1, -0.05) is 0 Å².